The molecule has 1 rings (SSSR count). The van der Waals surface area contributed by atoms with E-state index < -0.39 is 0 Å². The van der Waals surface area contributed by atoms with E-state index in [1.807, 2.05) is 18.9 Å². The van der Waals surface area contributed by atoms with Crippen molar-refractivity contribution in [1.82, 2.24) is 15.5 Å². The number of aromatic nitrogens is 2. The molecule has 0 aliphatic heterocycles. The molecule has 17 heavy (non-hydrogen) atoms. The molecule has 0 amide bonds. The number of anilines is 1. The van der Waals surface area contributed by atoms with Gasteiger partial charge in [0.15, 0.2) is 0 Å². The highest BCUT2D eigenvalue weighted by atomic mass is 16.4. The Morgan fingerprint density at radius 3 is 2.59 bits per heavy atom. The molecule has 0 spiro atoms. The van der Waals surface area contributed by atoms with Crippen molar-refractivity contribution < 1.29 is 9.52 Å². The topological polar surface area (TPSA) is 74.4 Å². The van der Waals surface area contributed by atoms with E-state index in [4.69, 9.17) is 9.52 Å². The number of nitrogens with one attached hydrogen (secondary N) is 1. The summed E-state index contributed by atoms with van der Waals surface area (Å²) >= 11 is 0. The molecule has 0 aromatic carbocycles. The van der Waals surface area contributed by atoms with Gasteiger partial charge in [-0.2, -0.15) is 0 Å². The summed E-state index contributed by atoms with van der Waals surface area (Å²) in [4.78, 5) is 2.00. The highest BCUT2D eigenvalue weighted by Gasteiger charge is 2.19. The molecule has 0 bridgehead atoms. The Bertz CT molecular complexity index is 327. The van der Waals surface area contributed by atoms with Crippen LogP contribution in [0.5, 0.6) is 0 Å². The van der Waals surface area contributed by atoms with Crippen molar-refractivity contribution in [3.8, 4) is 0 Å². The minimum atomic E-state index is 0.0445. The molecule has 1 aromatic heterocycles. The van der Waals surface area contributed by atoms with Gasteiger partial charge < -0.3 is 19.7 Å². The zero-order chi connectivity index (χ0) is 12.8. The van der Waals surface area contributed by atoms with Crippen LogP contribution < -0.4 is 10.2 Å². The number of rotatable bonds is 7. The summed E-state index contributed by atoms with van der Waals surface area (Å²) in [5, 5.41) is 20.0. The predicted molar refractivity (Wildman–Crippen MR) is 66.0 cm³/mol. The maximum Gasteiger partial charge on any atom is 0.318 e. The van der Waals surface area contributed by atoms with Crippen LogP contribution in [0.1, 0.15) is 39.1 Å². The van der Waals surface area contributed by atoms with Crippen LogP contribution >= 0.6 is 0 Å². The monoisotopic (exact) mass is 242 g/mol. The Morgan fingerprint density at radius 1 is 1.35 bits per heavy atom. The lowest BCUT2D eigenvalue weighted by Gasteiger charge is -2.23. The fraction of sp³-hybridized carbons (Fsp3) is 0.818. The highest BCUT2D eigenvalue weighted by Crippen LogP contribution is 2.19. The molecule has 1 aromatic rings. The molecule has 0 aliphatic rings. The van der Waals surface area contributed by atoms with Gasteiger partial charge >= 0.3 is 6.01 Å². The lowest BCUT2D eigenvalue weighted by atomic mass is 10.3. The van der Waals surface area contributed by atoms with Crippen LogP contribution in [-0.2, 0) is 0 Å². The van der Waals surface area contributed by atoms with Crippen molar-refractivity contribution >= 4 is 6.01 Å². The van der Waals surface area contributed by atoms with Crippen LogP contribution in [0.15, 0.2) is 4.42 Å². The van der Waals surface area contributed by atoms with Crippen LogP contribution in [0, 0.1) is 0 Å². The third kappa shape index (κ3) is 3.67. The molecule has 6 nitrogen and oxygen atoms in total. The van der Waals surface area contributed by atoms with Crippen molar-refractivity contribution in [1.29, 1.82) is 0 Å². The molecule has 0 fully saturated rings. The molecular weight excluding hydrogens is 220 g/mol. The second-order valence-corrected chi connectivity index (χ2v) is 4.30. The number of hydrogen-bond donors (Lipinski definition) is 2. The summed E-state index contributed by atoms with van der Waals surface area (Å²) in [5.74, 6) is 0.581. The third-order valence-corrected chi connectivity index (χ3v) is 2.66. The number of hydrogen-bond acceptors (Lipinski definition) is 6. The fourth-order valence-corrected chi connectivity index (χ4v) is 1.46. The van der Waals surface area contributed by atoms with Crippen molar-refractivity contribution in [2.75, 3.05) is 25.1 Å². The number of aliphatic hydroxyl groups is 1. The molecule has 98 valence electrons. The summed E-state index contributed by atoms with van der Waals surface area (Å²) in [6, 6.07) is 0.827. The molecule has 2 N–H and O–H groups in total. The van der Waals surface area contributed by atoms with Gasteiger partial charge in [0, 0.05) is 19.2 Å². The van der Waals surface area contributed by atoms with Gasteiger partial charge in [0.25, 0.3) is 0 Å². The van der Waals surface area contributed by atoms with E-state index in [-0.39, 0.29) is 18.7 Å². The van der Waals surface area contributed by atoms with Crippen LogP contribution in [0.4, 0.5) is 6.01 Å². The second-order valence-electron chi connectivity index (χ2n) is 4.30. The maximum absolute atomic E-state index is 8.87. The quantitative estimate of drug-likeness (QED) is 0.741. The molecule has 1 atom stereocenters. The normalized spacial score (nSPS) is 13.1. The first-order chi connectivity index (χ1) is 8.10. The molecule has 0 saturated carbocycles. The lowest BCUT2D eigenvalue weighted by Crippen LogP contribution is -2.32. The zero-order valence-electron chi connectivity index (χ0n) is 11.0. The molecule has 0 saturated heterocycles. The number of nitrogens with zero attached hydrogens (tertiary/aromatic N) is 3. The van der Waals surface area contributed by atoms with Crippen LogP contribution in [0.2, 0.25) is 0 Å². The Kier molecular flexibility index (Phi) is 5.37. The number of aliphatic hydroxyl groups excluding tert-OH is 1. The Hall–Kier alpha value is -1.14. The molecular formula is C11H22N4O2. The first-order valence-electron chi connectivity index (χ1n) is 5.98. The van der Waals surface area contributed by atoms with Gasteiger partial charge in [-0.25, -0.2) is 0 Å². The van der Waals surface area contributed by atoms with Crippen LogP contribution in [-0.4, -0.2) is 41.5 Å². The van der Waals surface area contributed by atoms with Gasteiger partial charge in [0.2, 0.25) is 5.89 Å². The molecule has 1 heterocycles. The van der Waals surface area contributed by atoms with E-state index in [1.54, 1.807) is 0 Å². The van der Waals surface area contributed by atoms with Gasteiger partial charge in [0.05, 0.1) is 6.04 Å². The summed E-state index contributed by atoms with van der Waals surface area (Å²) in [5.41, 5.74) is 0. The van der Waals surface area contributed by atoms with E-state index >= 15 is 0 Å². The molecule has 1 unspecified atom stereocenters. The van der Waals surface area contributed by atoms with Gasteiger partial charge in [-0.15, -0.1) is 5.10 Å². The largest absolute Gasteiger partial charge is 0.406 e. The Balaban J connectivity index is 2.76. The average molecular weight is 242 g/mol. The predicted octanol–water partition coefficient (Wildman–Crippen LogP) is 0.947. The summed E-state index contributed by atoms with van der Waals surface area (Å²) in [6.45, 7) is 6.96. The highest BCUT2D eigenvalue weighted by molar-refractivity contribution is 5.25. The smallest absolute Gasteiger partial charge is 0.318 e. The minimum Gasteiger partial charge on any atom is -0.406 e. The summed E-state index contributed by atoms with van der Waals surface area (Å²) in [6.07, 6.45) is 0.692. The first-order valence-corrected chi connectivity index (χ1v) is 5.98. The average Bonchev–Trinajstić information content (AvgIpc) is 2.77. The maximum atomic E-state index is 8.87. The lowest BCUT2D eigenvalue weighted by molar-refractivity contribution is 0.287. The molecule has 0 radical (unpaired) electrons. The molecule has 6 heteroatoms. The van der Waals surface area contributed by atoms with E-state index in [1.165, 1.54) is 0 Å². The second kappa shape index (κ2) is 6.56. The van der Waals surface area contributed by atoms with E-state index in [0.29, 0.717) is 24.9 Å². The van der Waals surface area contributed by atoms with Gasteiger partial charge in [0.1, 0.15) is 0 Å². The third-order valence-electron chi connectivity index (χ3n) is 2.66. The van der Waals surface area contributed by atoms with E-state index in [0.717, 1.165) is 0 Å². The van der Waals surface area contributed by atoms with Crippen molar-refractivity contribution in [3.05, 3.63) is 5.89 Å². The van der Waals surface area contributed by atoms with Gasteiger partial charge in [-0.05, 0) is 34.2 Å². The first kappa shape index (κ1) is 13.9. The van der Waals surface area contributed by atoms with Crippen LogP contribution in [0.25, 0.3) is 0 Å². The van der Waals surface area contributed by atoms with Gasteiger partial charge in [-0.3, -0.25) is 0 Å². The fourth-order valence-electron chi connectivity index (χ4n) is 1.46. The van der Waals surface area contributed by atoms with Crippen molar-refractivity contribution in [2.24, 2.45) is 0 Å². The molecule has 0 aliphatic carbocycles. The van der Waals surface area contributed by atoms with Crippen LogP contribution in [0.3, 0.4) is 0 Å². The summed E-state index contributed by atoms with van der Waals surface area (Å²) < 4.78 is 5.62. The zero-order valence-corrected chi connectivity index (χ0v) is 11.0. The van der Waals surface area contributed by atoms with Crippen molar-refractivity contribution in [2.45, 2.75) is 39.3 Å². The Labute approximate surface area is 102 Å². The SMILES string of the molecule is CNC(C)c1nnc(N(CCCO)C(C)C)o1. The minimum absolute atomic E-state index is 0.0445. The van der Waals surface area contributed by atoms with Crippen molar-refractivity contribution in [3.63, 3.8) is 0 Å². The standard InChI is InChI=1S/C11H22N4O2/c1-8(2)15(6-5-7-16)11-14-13-10(17-11)9(3)12-4/h8-9,12,16H,5-7H2,1-4H3. The summed E-state index contributed by atoms with van der Waals surface area (Å²) in [7, 11) is 1.85. The van der Waals surface area contributed by atoms with Gasteiger partial charge in [-0.1, -0.05) is 5.10 Å². The Morgan fingerprint density at radius 2 is 2.06 bits per heavy atom. The van der Waals surface area contributed by atoms with E-state index in [9.17, 15) is 0 Å². The van der Waals surface area contributed by atoms with E-state index in [2.05, 4.69) is 29.4 Å².